The molecule has 0 radical (unpaired) electrons. The molecule has 1 aromatic carbocycles. The van der Waals surface area contributed by atoms with Crippen LogP contribution in [-0.4, -0.2) is 25.3 Å². The van der Waals surface area contributed by atoms with Crippen LogP contribution in [0.2, 0.25) is 0 Å². The van der Waals surface area contributed by atoms with Gasteiger partial charge in [0.1, 0.15) is 15.7 Å². The van der Waals surface area contributed by atoms with Gasteiger partial charge in [-0.3, -0.25) is 4.79 Å². The number of carboxylic acid groups (broad SMARTS) is 1. The SMILES string of the molecule is Cc1c(Br)[s+](C(C)(C)C)c2c1c(=O)n(C(C)(C)C(=O)O)c(=O)n2C[C@@H](O)c1ccccc1. The van der Waals surface area contributed by atoms with Gasteiger partial charge in [0.25, 0.3) is 10.4 Å². The largest absolute Gasteiger partial charge is 0.480 e. The predicted molar refractivity (Wildman–Crippen MR) is 131 cm³/mol. The second kappa shape index (κ2) is 8.28. The summed E-state index contributed by atoms with van der Waals surface area (Å²) in [7, 11) is -0.658. The van der Waals surface area contributed by atoms with E-state index in [-0.39, 0.29) is 11.3 Å². The molecule has 1 unspecified atom stereocenters. The minimum absolute atomic E-state index is 0.103. The highest BCUT2D eigenvalue weighted by Crippen LogP contribution is 2.51. The summed E-state index contributed by atoms with van der Waals surface area (Å²) in [5.74, 6) is -1.29. The smallest absolute Gasteiger partial charge is 0.336 e. The second-order valence-corrected chi connectivity index (χ2v) is 13.3. The number of thiophene rings is 1. The van der Waals surface area contributed by atoms with E-state index in [0.717, 1.165) is 8.35 Å². The average molecular weight is 524 g/mol. The number of halogens is 1. The van der Waals surface area contributed by atoms with Gasteiger partial charge < -0.3 is 10.2 Å². The summed E-state index contributed by atoms with van der Waals surface area (Å²) in [5, 5.41) is 21.0. The highest BCUT2D eigenvalue weighted by atomic mass is 79.9. The zero-order valence-electron chi connectivity index (χ0n) is 19.0. The van der Waals surface area contributed by atoms with Crippen LogP contribution in [0.15, 0.2) is 43.7 Å². The van der Waals surface area contributed by atoms with Gasteiger partial charge in [-0.25, -0.2) is 18.7 Å². The van der Waals surface area contributed by atoms with E-state index in [0.29, 0.717) is 21.3 Å². The predicted octanol–water partition coefficient (Wildman–Crippen LogP) is 4.29. The fourth-order valence-electron chi connectivity index (χ4n) is 3.76. The highest BCUT2D eigenvalue weighted by Gasteiger charge is 2.42. The van der Waals surface area contributed by atoms with Gasteiger partial charge in [-0.1, -0.05) is 30.3 Å². The molecule has 0 saturated carbocycles. The molecule has 2 N–H and O–H groups in total. The maximum atomic E-state index is 13.7. The number of carbonyl (C=O) groups is 1. The molecule has 2 heterocycles. The number of aliphatic hydroxyl groups is 1. The molecule has 172 valence electrons. The van der Waals surface area contributed by atoms with Crippen molar-refractivity contribution in [1.29, 1.82) is 0 Å². The van der Waals surface area contributed by atoms with Crippen LogP contribution in [0.5, 0.6) is 0 Å². The van der Waals surface area contributed by atoms with Crippen LogP contribution in [0.1, 0.15) is 51.8 Å². The molecule has 32 heavy (non-hydrogen) atoms. The zero-order chi connectivity index (χ0) is 24.2. The molecule has 0 amide bonds. The Morgan fingerprint density at radius 2 is 1.69 bits per heavy atom. The minimum atomic E-state index is -1.77. The maximum absolute atomic E-state index is 13.7. The Morgan fingerprint density at radius 1 is 1.12 bits per heavy atom. The second-order valence-electron chi connectivity index (χ2n) is 9.32. The number of aliphatic hydroxyl groups excluding tert-OH is 1. The number of aliphatic carboxylic acids is 1. The van der Waals surface area contributed by atoms with Crippen LogP contribution in [0.3, 0.4) is 0 Å². The molecule has 2 aromatic heterocycles. The number of benzene rings is 1. The number of carboxylic acids is 1. The monoisotopic (exact) mass is 523 g/mol. The molecule has 0 spiro atoms. The lowest BCUT2D eigenvalue weighted by Crippen LogP contribution is -2.52. The summed E-state index contributed by atoms with van der Waals surface area (Å²) < 4.78 is 2.68. The first-order valence-electron chi connectivity index (χ1n) is 10.2. The van der Waals surface area contributed by atoms with Gasteiger partial charge in [0, 0.05) is 32.0 Å². The molecule has 3 aromatic rings. The van der Waals surface area contributed by atoms with Gasteiger partial charge in [0.2, 0.25) is 3.79 Å². The molecular formula is C23H28BrN2O5S+. The Kier molecular flexibility index (Phi) is 6.32. The van der Waals surface area contributed by atoms with E-state index in [4.69, 9.17) is 0 Å². The van der Waals surface area contributed by atoms with E-state index in [2.05, 4.69) is 15.9 Å². The molecule has 0 fully saturated rings. The lowest BCUT2D eigenvalue weighted by molar-refractivity contribution is -0.146. The summed E-state index contributed by atoms with van der Waals surface area (Å²) in [6.07, 6.45) is -1.01. The van der Waals surface area contributed by atoms with Gasteiger partial charge in [-0.15, -0.1) is 0 Å². The van der Waals surface area contributed by atoms with E-state index in [1.165, 1.54) is 18.4 Å². The summed E-state index contributed by atoms with van der Waals surface area (Å²) >= 11 is 3.64. The van der Waals surface area contributed by atoms with Gasteiger partial charge in [-0.05, 0) is 47.1 Å². The summed E-state index contributed by atoms with van der Waals surface area (Å²) in [6.45, 7) is 10.4. The highest BCUT2D eigenvalue weighted by molar-refractivity contribution is 9.11. The lowest BCUT2D eigenvalue weighted by Gasteiger charge is -2.23. The molecule has 2 atom stereocenters. The maximum Gasteiger partial charge on any atom is 0.336 e. The molecule has 0 aliphatic heterocycles. The fraction of sp³-hybridized carbons (Fsp3) is 0.435. The standard InChI is InChI=1S/C23H27BrN2O5S/c1-13-16-18(28)26(23(5,6)20(29)30)21(31)25(12-15(27)14-10-8-7-9-11-14)19(16)32(17(13)24)22(2,3)4/h7-11,15,27H,12H2,1-6H3/p+1/t15-,32?/m1/s1. The normalized spacial score (nSPS) is 14.1. The van der Waals surface area contributed by atoms with Crippen LogP contribution in [0, 0.1) is 6.92 Å². The topological polar surface area (TPSA) is 102 Å². The Hall–Kier alpha value is -2.23. The van der Waals surface area contributed by atoms with Gasteiger partial charge in [0.05, 0.1) is 12.6 Å². The van der Waals surface area contributed by atoms with Crippen molar-refractivity contribution in [1.82, 2.24) is 9.13 Å². The zero-order valence-corrected chi connectivity index (χ0v) is 21.4. The first-order valence-corrected chi connectivity index (χ1v) is 12.2. The first kappa shape index (κ1) is 24.4. The number of nitrogens with zero attached hydrogens (tertiary/aromatic N) is 2. The quantitative estimate of drug-likeness (QED) is 0.485. The van der Waals surface area contributed by atoms with Crippen molar-refractivity contribution >= 4 is 42.6 Å². The summed E-state index contributed by atoms with van der Waals surface area (Å²) in [5.41, 5.74) is -1.83. The van der Waals surface area contributed by atoms with E-state index >= 15 is 0 Å². The van der Waals surface area contributed by atoms with Crippen molar-refractivity contribution in [2.45, 2.75) is 64.5 Å². The first-order chi connectivity index (χ1) is 14.7. The molecule has 3 rings (SSSR count). The van der Waals surface area contributed by atoms with Crippen molar-refractivity contribution in [3.05, 3.63) is 66.1 Å². The molecule has 7 nitrogen and oxygen atoms in total. The molecule has 0 saturated heterocycles. The molecule has 0 bridgehead atoms. The van der Waals surface area contributed by atoms with Gasteiger partial charge in [0.15, 0.2) is 0 Å². The summed E-state index contributed by atoms with van der Waals surface area (Å²) in [4.78, 5) is 39.7. The van der Waals surface area contributed by atoms with Crippen molar-refractivity contribution in [3.63, 3.8) is 0 Å². The van der Waals surface area contributed by atoms with E-state index in [1.54, 1.807) is 31.2 Å². The van der Waals surface area contributed by atoms with Crippen molar-refractivity contribution in [3.8, 4) is 0 Å². The van der Waals surface area contributed by atoms with Crippen molar-refractivity contribution < 1.29 is 15.0 Å². The molecule has 9 heteroatoms. The third-order valence-corrected chi connectivity index (χ3v) is 9.84. The van der Waals surface area contributed by atoms with Crippen LogP contribution in [-0.2, 0) is 21.6 Å². The fourth-order valence-corrected chi connectivity index (χ4v) is 8.39. The lowest BCUT2D eigenvalue weighted by atomic mass is 10.1. The Bertz CT molecular complexity index is 1310. The van der Waals surface area contributed by atoms with Crippen molar-refractivity contribution in [2.75, 3.05) is 0 Å². The Balaban J connectivity index is 2.50. The molecular weight excluding hydrogens is 496 g/mol. The third-order valence-electron chi connectivity index (χ3n) is 5.58. The number of rotatable bonds is 5. The van der Waals surface area contributed by atoms with Crippen LogP contribution in [0.25, 0.3) is 10.2 Å². The number of hydrogen-bond donors (Lipinski definition) is 2. The van der Waals surface area contributed by atoms with E-state index in [9.17, 15) is 24.6 Å². The Morgan fingerprint density at radius 3 is 2.19 bits per heavy atom. The van der Waals surface area contributed by atoms with E-state index in [1.807, 2.05) is 26.8 Å². The number of aromatic nitrogens is 2. The Labute approximate surface area is 197 Å². The molecule has 0 aliphatic carbocycles. The number of fused-ring (bicyclic) bond motifs is 1. The minimum Gasteiger partial charge on any atom is -0.480 e. The number of hydrogen-bond acceptors (Lipinski definition) is 4. The van der Waals surface area contributed by atoms with Gasteiger partial charge in [-0.2, -0.15) is 0 Å². The van der Waals surface area contributed by atoms with E-state index < -0.39 is 39.3 Å². The van der Waals surface area contributed by atoms with Crippen LogP contribution < -0.4 is 11.2 Å². The van der Waals surface area contributed by atoms with Crippen molar-refractivity contribution in [2.24, 2.45) is 0 Å². The average Bonchev–Trinajstić information content (AvgIpc) is 2.96. The number of aryl methyl sites for hydroxylation is 1. The summed E-state index contributed by atoms with van der Waals surface area (Å²) in [6, 6.07) is 8.94. The van der Waals surface area contributed by atoms with Gasteiger partial charge >= 0.3 is 11.7 Å². The third kappa shape index (κ3) is 3.86. The van der Waals surface area contributed by atoms with Crippen LogP contribution >= 0.6 is 26.4 Å². The molecule has 0 aliphatic rings. The van der Waals surface area contributed by atoms with Crippen LogP contribution in [0.4, 0.5) is 0 Å².